The van der Waals surface area contributed by atoms with E-state index in [1.54, 1.807) is 6.07 Å². The first kappa shape index (κ1) is 16.3. The Balaban J connectivity index is 1.97. The van der Waals surface area contributed by atoms with Crippen molar-refractivity contribution in [3.05, 3.63) is 29.6 Å². The van der Waals surface area contributed by atoms with E-state index in [1.807, 2.05) is 6.07 Å². The van der Waals surface area contributed by atoms with Gasteiger partial charge in [0.2, 0.25) is 0 Å². The van der Waals surface area contributed by atoms with Gasteiger partial charge in [-0.15, -0.1) is 0 Å². The molecule has 1 saturated carbocycles. The molecule has 2 nitrogen and oxygen atoms in total. The second kappa shape index (κ2) is 7.79. The van der Waals surface area contributed by atoms with Crippen LogP contribution in [0.1, 0.15) is 64.0 Å². The molecule has 2 atom stereocenters. The molecule has 118 valence electrons. The van der Waals surface area contributed by atoms with Gasteiger partial charge in [0.15, 0.2) is 11.6 Å². The van der Waals surface area contributed by atoms with E-state index in [1.165, 1.54) is 51.7 Å². The summed E-state index contributed by atoms with van der Waals surface area (Å²) in [6.07, 6.45) is 8.13. The number of hydrogen-bond acceptors (Lipinski definition) is 2. The van der Waals surface area contributed by atoms with E-state index in [2.05, 4.69) is 19.2 Å². The molecule has 1 unspecified atom stereocenters. The minimum atomic E-state index is -0.301. The van der Waals surface area contributed by atoms with Crippen LogP contribution in [-0.4, -0.2) is 13.2 Å². The van der Waals surface area contributed by atoms with Crippen molar-refractivity contribution in [2.45, 2.75) is 64.5 Å². The largest absolute Gasteiger partial charge is 0.494 e. The van der Waals surface area contributed by atoms with E-state index >= 15 is 0 Å². The van der Waals surface area contributed by atoms with E-state index < -0.39 is 0 Å². The molecular weight excluding hydrogens is 265 g/mol. The molecule has 1 N–H and O–H groups in total. The van der Waals surface area contributed by atoms with Crippen molar-refractivity contribution in [3.63, 3.8) is 0 Å². The first-order valence-electron chi connectivity index (χ1n) is 8.21. The zero-order chi connectivity index (χ0) is 15.2. The fraction of sp³-hybridized carbons (Fsp3) is 0.667. The molecule has 1 aliphatic rings. The van der Waals surface area contributed by atoms with Crippen molar-refractivity contribution in [2.75, 3.05) is 7.11 Å². The van der Waals surface area contributed by atoms with E-state index in [9.17, 15) is 4.39 Å². The number of rotatable bonds is 5. The summed E-state index contributed by atoms with van der Waals surface area (Å²) in [7, 11) is 1.51. The Bertz CT molecular complexity index is 441. The summed E-state index contributed by atoms with van der Waals surface area (Å²) >= 11 is 0. The third-order valence-electron chi connectivity index (χ3n) is 4.80. The molecule has 0 aromatic heterocycles. The van der Waals surface area contributed by atoms with Gasteiger partial charge in [-0.25, -0.2) is 4.39 Å². The van der Waals surface area contributed by atoms with Crippen LogP contribution in [-0.2, 0) is 0 Å². The zero-order valence-electron chi connectivity index (χ0n) is 13.5. The van der Waals surface area contributed by atoms with Crippen molar-refractivity contribution in [1.29, 1.82) is 0 Å². The van der Waals surface area contributed by atoms with Crippen LogP contribution >= 0.6 is 0 Å². The van der Waals surface area contributed by atoms with Crippen LogP contribution < -0.4 is 10.1 Å². The highest BCUT2D eigenvalue weighted by Crippen LogP contribution is 2.28. The third kappa shape index (κ3) is 4.44. The number of hydrogen-bond donors (Lipinski definition) is 1. The van der Waals surface area contributed by atoms with Gasteiger partial charge >= 0.3 is 0 Å². The molecule has 1 fully saturated rings. The van der Waals surface area contributed by atoms with E-state index in [0.29, 0.717) is 11.8 Å². The van der Waals surface area contributed by atoms with Crippen LogP contribution in [0.2, 0.25) is 0 Å². The summed E-state index contributed by atoms with van der Waals surface area (Å²) in [6.45, 7) is 4.42. The van der Waals surface area contributed by atoms with Crippen molar-refractivity contribution in [2.24, 2.45) is 5.92 Å². The number of nitrogens with one attached hydrogen (secondary N) is 1. The Morgan fingerprint density at radius 3 is 2.43 bits per heavy atom. The van der Waals surface area contributed by atoms with Gasteiger partial charge in [0.1, 0.15) is 0 Å². The molecule has 0 heterocycles. The summed E-state index contributed by atoms with van der Waals surface area (Å²) < 4.78 is 18.6. The minimum Gasteiger partial charge on any atom is -0.494 e. The first-order valence-corrected chi connectivity index (χ1v) is 8.21. The van der Waals surface area contributed by atoms with Gasteiger partial charge in [-0.3, -0.25) is 0 Å². The lowest BCUT2D eigenvalue weighted by molar-refractivity contribution is 0.315. The third-order valence-corrected chi connectivity index (χ3v) is 4.80. The first-order chi connectivity index (χ1) is 10.1. The number of benzene rings is 1. The summed E-state index contributed by atoms with van der Waals surface area (Å²) in [5.41, 5.74) is 1.08. The average Bonchev–Trinajstić information content (AvgIpc) is 2.76. The fourth-order valence-corrected chi connectivity index (χ4v) is 3.38. The molecule has 0 spiro atoms. The fourth-order valence-electron chi connectivity index (χ4n) is 3.38. The lowest BCUT2D eigenvalue weighted by Crippen LogP contribution is -2.35. The molecule has 21 heavy (non-hydrogen) atoms. The minimum absolute atomic E-state index is 0.206. The second-order valence-corrected chi connectivity index (χ2v) is 6.32. The lowest BCUT2D eigenvalue weighted by atomic mass is 9.92. The zero-order valence-corrected chi connectivity index (χ0v) is 13.5. The van der Waals surface area contributed by atoms with Gasteiger partial charge in [0.25, 0.3) is 0 Å². The molecule has 1 aromatic rings. The lowest BCUT2D eigenvalue weighted by Gasteiger charge is -2.27. The molecule has 0 aliphatic heterocycles. The molecule has 0 radical (unpaired) electrons. The monoisotopic (exact) mass is 293 g/mol. The van der Waals surface area contributed by atoms with E-state index in [4.69, 9.17) is 4.74 Å². The summed E-state index contributed by atoms with van der Waals surface area (Å²) in [5.74, 6) is 0.783. The average molecular weight is 293 g/mol. The maximum absolute atomic E-state index is 13.5. The standard InChI is InChI=1S/C18H28FNO/c1-13(15-8-6-4-5-7-9-15)20-14(2)16-10-11-17(19)18(12-16)21-3/h10-15,20H,4-9H2,1-3H3/t13-,14?/m0/s1. The van der Waals surface area contributed by atoms with Crippen LogP contribution in [0.15, 0.2) is 18.2 Å². The molecule has 1 aliphatic carbocycles. The van der Waals surface area contributed by atoms with Crippen LogP contribution in [0, 0.1) is 11.7 Å². The van der Waals surface area contributed by atoms with Crippen molar-refractivity contribution < 1.29 is 9.13 Å². The molecule has 0 saturated heterocycles. The second-order valence-electron chi connectivity index (χ2n) is 6.32. The molecular formula is C18H28FNO. The van der Waals surface area contributed by atoms with Gasteiger partial charge in [-0.1, -0.05) is 31.7 Å². The quantitative estimate of drug-likeness (QED) is 0.784. The Morgan fingerprint density at radius 1 is 1.14 bits per heavy atom. The summed E-state index contributed by atoms with van der Waals surface area (Å²) in [6, 6.07) is 5.83. The predicted molar refractivity (Wildman–Crippen MR) is 85.2 cm³/mol. The van der Waals surface area contributed by atoms with Gasteiger partial charge in [0, 0.05) is 12.1 Å². The topological polar surface area (TPSA) is 21.3 Å². The molecule has 0 bridgehead atoms. The highest BCUT2D eigenvalue weighted by Gasteiger charge is 2.21. The Kier molecular flexibility index (Phi) is 6.04. The van der Waals surface area contributed by atoms with Gasteiger partial charge in [0.05, 0.1) is 7.11 Å². The Morgan fingerprint density at radius 2 is 1.81 bits per heavy atom. The maximum atomic E-state index is 13.5. The number of halogens is 1. The van der Waals surface area contributed by atoms with Crippen LogP contribution in [0.4, 0.5) is 4.39 Å². The number of ether oxygens (including phenoxy) is 1. The molecule has 0 amide bonds. The van der Waals surface area contributed by atoms with Crippen molar-refractivity contribution in [3.8, 4) is 5.75 Å². The van der Waals surface area contributed by atoms with Crippen LogP contribution in [0.25, 0.3) is 0 Å². The smallest absolute Gasteiger partial charge is 0.165 e. The molecule has 2 rings (SSSR count). The van der Waals surface area contributed by atoms with E-state index in [-0.39, 0.29) is 11.9 Å². The van der Waals surface area contributed by atoms with Crippen LogP contribution in [0.5, 0.6) is 5.75 Å². The maximum Gasteiger partial charge on any atom is 0.165 e. The van der Waals surface area contributed by atoms with E-state index in [0.717, 1.165) is 11.5 Å². The van der Waals surface area contributed by atoms with Crippen molar-refractivity contribution >= 4 is 0 Å². The van der Waals surface area contributed by atoms with Gasteiger partial charge in [-0.2, -0.15) is 0 Å². The van der Waals surface area contributed by atoms with Gasteiger partial charge in [-0.05, 0) is 50.3 Å². The molecule has 1 aromatic carbocycles. The Labute approximate surface area is 128 Å². The summed E-state index contributed by atoms with van der Waals surface area (Å²) in [4.78, 5) is 0. The SMILES string of the molecule is COc1cc(C(C)N[C@@H](C)C2CCCCCC2)ccc1F. The highest BCUT2D eigenvalue weighted by molar-refractivity contribution is 5.32. The van der Waals surface area contributed by atoms with Crippen LogP contribution in [0.3, 0.4) is 0 Å². The normalized spacial score (nSPS) is 19.8. The Hall–Kier alpha value is -1.09. The summed E-state index contributed by atoms with van der Waals surface area (Å²) in [5, 5.41) is 3.69. The highest BCUT2D eigenvalue weighted by atomic mass is 19.1. The van der Waals surface area contributed by atoms with Gasteiger partial charge < -0.3 is 10.1 Å². The predicted octanol–water partition coefficient (Wildman–Crippen LogP) is 4.84. The number of methoxy groups -OCH3 is 1. The van der Waals surface area contributed by atoms with Crippen molar-refractivity contribution in [1.82, 2.24) is 5.32 Å². The molecule has 3 heteroatoms.